The molecule has 2 aliphatic carbocycles. The zero-order chi connectivity index (χ0) is 27.8. The predicted molar refractivity (Wildman–Crippen MR) is 131 cm³/mol. The molecule has 2 aliphatic rings. The van der Waals surface area contributed by atoms with Crippen molar-refractivity contribution >= 4 is 0 Å². The first-order chi connectivity index (χ1) is 18.0. The van der Waals surface area contributed by atoms with Gasteiger partial charge in [0.1, 0.15) is 11.5 Å². The van der Waals surface area contributed by atoms with Gasteiger partial charge in [-0.3, -0.25) is 9.80 Å². The van der Waals surface area contributed by atoms with Crippen LogP contribution in [0.3, 0.4) is 0 Å². The Balaban J connectivity index is 0.000000211. The second-order valence-corrected chi connectivity index (χ2v) is 9.06. The Hall–Kier alpha value is -3.34. The van der Waals surface area contributed by atoms with Crippen LogP contribution in [0.5, 0.6) is 11.5 Å². The van der Waals surface area contributed by atoms with E-state index in [9.17, 15) is 26.3 Å². The van der Waals surface area contributed by atoms with Crippen molar-refractivity contribution in [3.8, 4) is 36.2 Å². The maximum Gasteiger partial charge on any atom is 0.573 e. The van der Waals surface area contributed by atoms with E-state index in [0.717, 1.165) is 36.8 Å². The maximum atomic E-state index is 12.0. The third-order valence-corrected chi connectivity index (χ3v) is 5.80. The molecule has 4 rings (SSSR count). The maximum absolute atomic E-state index is 12.0. The molecule has 2 saturated carbocycles. The van der Waals surface area contributed by atoms with Gasteiger partial charge in [0.05, 0.1) is 13.1 Å². The molecule has 2 aromatic carbocycles. The van der Waals surface area contributed by atoms with E-state index in [2.05, 4.69) is 31.1 Å². The number of alkyl halides is 6. The van der Waals surface area contributed by atoms with E-state index in [-0.39, 0.29) is 11.5 Å². The molecule has 0 heterocycles. The van der Waals surface area contributed by atoms with Crippen molar-refractivity contribution in [1.29, 1.82) is 0 Å². The summed E-state index contributed by atoms with van der Waals surface area (Å²) >= 11 is 0. The second-order valence-electron chi connectivity index (χ2n) is 9.06. The molecule has 2 fully saturated rings. The summed E-state index contributed by atoms with van der Waals surface area (Å²) < 4.78 is 79.7. The second kappa shape index (κ2) is 12.9. The lowest BCUT2D eigenvalue weighted by Crippen LogP contribution is -2.25. The number of rotatable bonds is 10. The summed E-state index contributed by atoms with van der Waals surface area (Å²) in [5.74, 6) is 4.80. The minimum Gasteiger partial charge on any atom is -0.406 e. The van der Waals surface area contributed by atoms with Crippen LogP contribution in [-0.2, 0) is 13.1 Å². The quantitative estimate of drug-likeness (QED) is 0.260. The van der Waals surface area contributed by atoms with Gasteiger partial charge in [-0.25, -0.2) is 0 Å². The topological polar surface area (TPSA) is 24.9 Å². The van der Waals surface area contributed by atoms with Gasteiger partial charge in [0, 0.05) is 25.2 Å². The van der Waals surface area contributed by atoms with Crippen LogP contribution in [0.4, 0.5) is 26.3 Å². The van der Waals surface area contributed by atoms with Gasteiger partial charge in [-0.05, 0) is 61.1 Å². The highest BCUT2D eigenvalue weighted by atomic mass is 19.4. The van der Waals surface area contributed by atoms with E-state index in [1.54, 1.807) is 24.3 Å². The molecule has 0 amide bonds. The number of halogens is 6. The third kappa shape index (κ3) is 11.0. The molecule has 0 saturated heterocycles. The molecule has 0 unspecified atom stereocenters. The summed E-state index contributed by atoms with van der Waals surface area (Å²) in [4.78, 5) is 4.30. The summed E-state index contributed by atoms with van der Waals surface area (Å²) in [5.41, 5.74) is 1.85. The van der Waals surface area contributed by atoms with Crippen LogP contribution in [0.2, 0.25) is 0 Å². The number of terminal acetylenes is 2. The van der Waals surface area contributed by atoms with Crippen molar-refractivity contribution < 1.29 is 35.8 Å². The van der Waals surface area contributed by atoms with E-state index in [0.29, 0.717) is 38.3 Å². The summed E-state index contributed by atoms with van der Waals surface area (Å²) in [5, 5.41) is 0. The molecule has 0 spiro atoms. The fourth-order valence-corrected chi connectivity index (χ4v) is 3.80. The Morgan fingerprint density at radius 1 is 0.632 bits per heavy atom. The van der Waals surface area contributed by atoms with Crippen molar-refractivity contribution in [2.45, 2.75) is 63.6 Å². The standard InChI is InChI=1S/2C14H14F3NO/c2*1-2-9-18(12-5-6-12)10-11-3-7-13(8-4-11)19-14(15,16)17/h2*1,3-4,7-8,12H,5-6,9-10H2. The number of hydrogen-bond acceptors (Lipinski definition) is 4. The van der Waals surface area contributed by atoms with Crippen LogP contribution >= 0.6 is 0 Å². The molecule has 4 nitrogen and oxygen atoms in total. The number of benzene rings is 2. The van der Waals surface area contributed by atoms with Crippen LogP contribution < -0.4 is 9.47 Å². The molecule has 38 heavy (non-hydrogen) atoms. The van der Waals surface area contributed by atoms with Crippen LogP contribution in [0.1, 0.15) is 36.8 Å². The lowest BCUT2D eigenvalue weighted by molar-refractivity contribution is -0.275. The predicted octanol–water partition coefficient (Wildman–Crippen LogP) is 6.37. The van der Waals surface area contributed by atoms with E-state index < -0.39 is 12.7 Å². The molecule has 10 heteroatoms. The Labute approximate surface area is 218 Å². The minimum absolute atomic E-state index is 0.203. The first kappa shape index (κ1) is 29.2. The molecular formula is C28H28F6N2O2. The molecule has 2 aromatic rings. The van der Waals surface area contributed by atoms with Gasteiger partial charge in [0.25, 0.3) is 0 Å². The summed E-state index contributed by atoms with van der Waals surface area (Å²) in [6, 6.07) is 12.9. The summed E-state index contributed by atoms with van der Waals surface area (Å²) in [7, 11) is 0. The van der Waals surface area contributed by atoms with Crippen LogP contribution in [0.15, 0.2) is 48.5 Å². The van der Waals surface area contributed by atoms with E-state index in [4.69, 9.17) is 12.8 Å². The molecule has 0 aliphatic heterocycles. The third-order valence-electron chi connectivity index (χ3n) is 5.80. The zero-order valence-corrected chi connectivity index (χ0v) is 20.6. The van der Waals surface area contributed by atoms with E-state index in [1.807, 2.05) is 0 Å². The van der Waals surface area contributed by atoms with Crippen LogP contribution in [0, 0.1) is 24.7 Å². The lowest BCUT2D eigenvalue weighted by atomic mass is 10.2. The minimum atomic E-state index is -4.65. The fourth-order valence-electron chi connectivity index (χ4n) is 3.80. The van der Waals surface area contributed by atoms with Crippen molar-refractivity contribution in [2.24, 2.45) is 0 Å². The van der Waals surface area contributed by atoms with Gasteiger partial charge in [0.2, 0.25) is 0 Å². The number of ether oxygens (including phenoxy) is 2. The molecule has 0 bridgehead atoms. The monoisotopic (exact) mass is 538 g/mol. The Morgan fingerprint density at radius 3 is 1.18 bits per heavy atom. The average Bonchev–Trinajstić information content (AvgIpc) is 3.73. The number of hydrogen-bond donors (Lipinski definition) is 0. The molecular weight excluding hydrogens is 510 g/mol. The van der Waals surface area contributed by atoms with Crippen molar-refractivity contribution in [2.75, 3.05) is 13.1 Å². The zero-order valence-electron chi connectivity index (χ0n) is 20.6. The smallest absolute Gasteiger partial charge is 0.406 e. The van der Waals surface area contributed by atoms with Gasteiger partial charge in [0.15, 0.2) is 0 Å². The highest BCUT2D eigenvalue weighted by Crippen LogP contribution is 2.30. The van der Waals surface area contributed by atoms with Gasteiger partial charge >= 0.3 is 12.7 Å². The van der Waals surface area contributed by atoms with Crippen molar-refractivity contribution in [1.82, 2.24) is 9.80 Å². The van der Waals surface area contributed by atoms with Crippen molar-refractivity contribution in [3.05, 3.63) is 59.7 Å². The fraction of sp³-hybridized carbons (Fsp3) is 0.429. The van der Waals surface area contributed by atoms with Gasteiger partial charge in [-0.1, -0.05) is 36.1 Å². The number of nitrogens with zero attached hydrogens (tertiary/aromatic N) is 2. The normalized spacial score (nSPS) is 15.3. The highest BCUT2D eigenvalue weighted by Gasteiger charge is 2.32. The molecule has 0 atom stereocenters. The van der Waals surface area contributed by atoms with Crippen LogP contribution in [-0.4, -0.2) is 47.7 Å². The average molecular weight is 539 g/mol. The Bertz CT molecular complexity index is 1000. The molecule has 0 N–H and O–H groups in total. The molecule has 0 radical (unpaired) electrons. The SMILES string of the molecule is C#CCN(Cc1ccc(OC(F)(F)F)cc1)C1CC1.C#CCN(Cc1ccc(OC(F)(F)F)cc1)C1CC1. The van der Waals surface area contributed by atoms with Gasteiger partial charge in [-0.2, -0.15) is 0 Å². The largest absolute Gasteiger partial charge is 0.573 e. The van der Waals surface area contributed by atoms with Crippen molar-refractivity contribution in [3.63, 3.8) is 0 Å². The first-order valence-electron chi connectivity index (χ1n) is 12.0. The Kier molecular flexibility index (Phi) is 9.96. The molecule has 204 valence electrons. The summed E-state index contributed by atoms with van der Waals surface area (Å²) in [6.07, 6.45) is 5.86. The highest BCUT2D eigenvalue weighted by molar-refractivity contribution is 5.28. The summed E-state index contributed by atoms with van der Waals surface area (Å²) in [6.45, 7) is 2.43. The van der Waals surface area contributed by atoms with Gasteiger partial charge < -0.3 is 9.47 Å². The lowest BCUT2D eigenvalue weighted by Gasteiger charge is -2.19. The molecule has 0 aromatic heterocycles. The van der Waals surface area contributed by atoms with E-state index >= 15 is 0 Å². The van der Waals surface area contributed by atoms with Gasteiger partial charge in [-0.15, -0.1) is 39.2 Å². The Morgan fingerprint density at radius 2 is 0.947 bits per heavy atom. The van der Waals surface area contributed by atoms with Crippen LogP contribution in [0.25, 0.3) is 0 Å². The van der Waals surface area contributed by atoms with E-state index in [1.165, 1.54) is 24.3 Å². The first-order valence-corrected chi connectivity index (χ1v) is 12.0.